The van der Waals surface area contributed by atoms with E-state index >= 15 is 0 Å². The Balaban J connectivity index is 1.77. The summed E-state index contributed by atoms with van der Waals surface area (Å²) in [5, 5.41) is 2.35. The number of piperidine rings is 1. The van der Waals surface area contributed by atoms with Crippen LogP contribution in [0.3, 0.4) is 0 Å². The van der Waals surface area contributed by atoms with Gasteiger partial charge in [0.25, 0.3) is 0 Å². The Bertz CT molecular complexity index is 777. The molecule has 1 aliphatic heterocycles. The van der Waals surface area contributed by atoms with Crippen molar-refractivity contribution in [3.8, 4) is 0 Å². The van der Waals surface area contributed by atoms with E-state index in [4.69, 9.17) is 0 Å². The van der Waals surface area contributed by atoms with Crippen LogP contribution in [0.5, 0.6) is 0 Å². The van der Waals surface area contributed by atoms with Gasteiger partial charge in [-0.2, -0.15) is 0 Å². The minimum Gasteiger partial charge on any atom is -0.341 e. The summed E-state index contributed by atoms with van der Waals surface area (Å²) in [6.07, 6.45) is 7.16. The van der Waals surface area contributed by atoms with Gasteiger partial charge >= 0.3 is 0 Å². The SMILES string of the molecule is O=C(Cn1c2ccccc2c2ccncc21)N1CCCCC1. The lowest BCUT2D eigenvalue weighted by atomic mass is 10.1. The molecule has 0 atom stereocenters. The quantitative estimate of drug-likeness (QED) is 0.727. The summed E-state index contributed by atoms with van der Waals surface area (Å²) in [6, 6.07) is 10.3. The van der Waals surface area contributed by atoms with Crippen molar-refractivity contribution in [1.29, 1.82) is 0 Å². The fourth-order valence-corrected chi connectivity index (χ4v) is 3.44. The molecule has 1 saturated heterocycles. The van der Waals surface area contributed by atoms with E-state index in [1.165, 1.54) is 11.8 Å². The van der Waals surface area contributed by atoms with Crippen LogP contribution in [-0.4, -0.2) is 33.4 Å². The van der Waals surface area contributed by atoms with Crippen molar-refractivity contribution in [3.63, 3.8) is 0 Å². The minimum absolute atomic E-state index is 0.214. The normalized spacial score (nSPS) is 15.5. The summed E-state index contributed by atoms with van der Waals surface area (Å²) >= 11 is 0. The van der Waals surface area contributed by atoms with Crippen LogP contribution >= 0.6 is 0 Å². The van der Waals surface area contributed by atoms with Crippen molar-refractivity contribution in [2.45, 2.75) is 25.8 Å². The molecule has 4 nitrogen and oxygen atoms in total. The second kappa shape index (κ2) is 5.44. The summed E-state index contributed by atoms with van der Waals surface area (Å²) < 4.78 is 2.11. The number of hydrogen-bond donors (Lipinski definition) is 0. The number of carbonyl (C=O) groups excluding carboxylic acids is 1. The lowest BCUT2D eigenvalue weighted by Gasteiger charge is -2.27. The van der Waals surface area contributed by atoms with Crippen LogP contribution in [0.4, 0.5) is 0 Å². The first-order chi connectivity index (χ1) is 10.8. The molecule has 22 heavy (non-hydrogen) atoms. The Labute approximate surface area is 129 Å². The molecule has 3 aromatic rings. The lowest BCUT2D eigenvalue weighted by molar-refractivity contribution is -0.132. The van der Waals surface area contributed by atoms with Crippen molar-refractivity contribution >= 4 is 27.7 Å². The van der Waals surface area contributed by atoms with E-state index in [1.54, 1.807) is 0 Å². The van der Waals surface area contributed by atoms with E-state index < -0.39 is 0 Å². The molecule has 0 unspecified atom stereocenters. The van der Waals surface area contributed by atoms with Gasteiger partial charge in [0.15, 0.2) is 0 Å². The second-order valence-corrected chi connectivity index (χ2v) is 5.94. The number of para-hydroxylation sites is 1. The van der Waals surface area contributed by atoms with E-state index in [-0.39, 0.29) is 5.91 Å². The largest absolute Gasteiger partial charge is 0.341 e. The maximum Gasteiger partial charge on any atom is 0.242 e. The molecule has 3 heterocycles. The standard InChI is InChI=1S/C18H19N3O/c22-18(20-10-4-1-5-11-20)13-21-16-7-3-2-6-14(16)15-8-9-19-12-17(15)21/h2-3,6-9,12H,1,4-5,10-11,13H2. The molecular formula is C18H19N3O. The molecule has 1 aliphatic rings. The van der Waals surface area contributed by atoms with Crippen LogP contribution in [0.15, 0.2) is 42.7 Å². The minimum atomic E-state index is 0.214. The van der Waals surface area contributed by atoms with Crippen LogP contribution in [0.1, 0.15) is 19.3 Å². The Morgan fingerprint density at radius 1 is 1.00 bits per heavy atom. The van der Waals surface area contributed by atoms with Crippen LogP contribution in [0.25, 0.3) is 21.8 Å². The molecule has 1 amide bonds. The van der Waals surface area contributed by atoms with E-state index in [9.17, 15) is 4.79 Å². The van der Waals surface area contributed by atoms with Gasteiger partial charge < -0.3 is 9.47 Å². The zero-order valence-corrected chi connectivity index (χ0v) is 12.5. The van der Waals surface area contributed by atoms with E-state index in [0.717, 1.165) is 42.4 Å². The molecule has 4 heteroatoms. The third-order valence-electron chi connectivity index (χ3n) is 4.58. The number of amides is 1. The predicted octanol–water partition coefficient (Wildman–Crippen LogP) is 3.20. The lowest BCUT2D eigenvalue weighted by Crippen LogP contribution is -2.37. The topological polar surface area (TPSA) is 38.1 Å². The fourth-order valence-electron chi connectivity index (χ4n) is 3.44. The number of hydrogen-bond acceptors (Lipinski definition) is 2. The van der Waals surface area contributed by atoms with Crippen molar-refractivity contribution in [1.82, 2.24) is 14.5 Å². The summed E-state index contributed by atoms with van der Waals surface area (Å²) in [5.74, 6) is 0.214. The van der Waals surface area contributed by atoms with E-state index in [2.05, 4.69) is 21.7 Å². The van der Waals surface area contributed by atoms with Crippen molar-refractivity contribution < 1.29 is 4.79 Å². The molecule has 0 spiro atoms. The molecule has 0 saturated carbocycles. The zero-order chi connectivity index (χ0) is 14.9. The first-order valence-electron chi connectivity index (χ1n) is 7.93. The highest BCUT2D eigenvalue weighted by Crippen LogP contribution is 2.28. The number of likely N-dealkylation sites (tertiary alicyclic amines) is 1. The fraction of sp³-hybridized carbons (Fsp3) is 0.333. The monoisotopic (exact) mass is 293 g/mol. The molecule has 4 rings (SSSR count). The number of aromatic nitrogens is 2. The van der Waals surface area contributed by atoms with E-state index in [1.807, 2.05) is 35.5 Å². The number of pyridine rings is 1. The number of fused-ring (bicyclic) bond motifs is 3. The predicted molar refractivity (Wildman–Crippen MR) is 87.7 cm³/mol. The number of nitrogens with zero attached hydrogens (tertiary/aromatic N) is 3. The summed E-state index contributed by atoms with van der Waals surface area (Å²) in [5.41, 5.74) is 2.14. The van der Waals surface area contributed by atoms with Gasteiger partial charge in [-0.15, -0.1) is 0 Å². The summed E-state index contributed by atoms with van der Waals surface area (Å²) in [4.78, 5) is 18.9. The highest BCUT2D eigenvalue weighted by Gasteiger charge is 2.19. The molecular weight excluding hydrogens is 274 g/mol. The van der Waals surface area contributed by atoms with E-state index in [0.29, 0.717) is 6.54 Å². The Kier molecular flexibility index (Phi) is 3.29. The Morgan fingerprint density at radius 3 is 2.64 bits per heavy atom. The first kappa shape index (κ1) is 13.3. The average Bonchev–Trinajstić information content (AvgIpc) is 2.90. The molecule has 1 aromatic carbocycles. The van der Waals surface area contributed by atoms with Gasteiger partial charge in [-0.05, 0) is 31.4 Å². The molecule has 0 radical (unpaired) electrons. The summed E-state index contributed by atoms with van der Waals surface area (Å²) in [7, 11) is 0. The number of carbonyl (C=O) groups is 1. The van der Waals surface area contributed by atoms with Gasteiger partial charge in [0.1, 0.15) is 6.54 Å². The first-order valence-corrected chi connectivity index (χ1v) is 7.93. The highest BCUT2D eigenvalue weighted by molar-refractivity contribution is 6.08. The van der Waals surface area contributed by atoms with Crippen molar-refractivity contribution in [3.05, 3.63) is 42.7 Å². The third kappa shape index (κ3) is 2.15. The highest BCUT2D eigenvalue weighted by atomic mass is 16.2. The molecule has 0 bridgehead atoms. The number of rotatable bonds is 2. The summed E-state index contributed by atoms with van der Waals surface area (Å²) in [6.45, 7) is 2.19. The van der Waals surface area contributed by atoms with Crippen LogP contribution < -0.4 is 0 Å². The molecule has 2 aromatic heterocycles. The molecule has 1 fully saturated rings. The third-order valence-corrected chi connectivity index (χ3v) is 4.58. The van der Waals surface area contributed by atoms with Crippen LogP contribution in [0, 0.1) is 0 Å². The Hall–Kier alpha value is -2.36. The smallest absolute Gasteiger partial charge is 0.242 e. The van der Waals surface area contributed by atoms with Gasteiger partial charge in [0.2, 0.25) is 5.91 Å². The van der Waals surface area contributed by atoms with Crippen molar-refractivity contribution in [2.24, 2.45) is 0 Å². The van der Waals surface area contributed by atoms with Gasteiger partial charge in [-0.3, -0.25) is 9.78 Å². The molecule has 112 valence electrons. The molecule has 0 N–H and O–H groups in total. The maximum atomic E-state index is 12.6. The maximum absolute atomic E-state index is 12.6. The Morgan fingerprint density at radius 2 is 1.77 bits per heavy atom. The second-order valence-electron chi connectivity index (χ2n) is 5.94. The zero-order valence-electron chi connectivity index (χ0n) is 12.5. The number of benzene rings is 1. The van der Waals surface area contributed by atoms with Gasteiger partial charge in [-0.1, -0.05) is 18.2 Å². The average molecular weight is 293 g/mol. The molecule has 0 aliphatic carbocycles. The van der Waals surface area contributed by atoms with Crippen LogP contribution in [-0.2, 0) is 11.3 Å². The van der Waals surface area contributed by atoms with Crippen molar-refractivity contribution in [2.75, 3.05) is 13.1 Å². The van der Waals surface area contributed by atoms with Gasteiger partial charge in [0.05, 0.1) is 11.7 Å². The van der Waals surface area contributed by atoms with Gasteiger partial charge in [0, 0.05) is 35.6 Å². The van der Waals surface area contributed by atoms with Crippen LogP contribution in [0.2, 0.25) is 0 Å². The van der Waals surface area contributed by atoms with Gasteiger partial charge in [-0.25, -0.2) is 0 Å².